The molecule has 202 valence electrons. The Labute approximate surface area is 230 Å². The highest BCUT2D eigenvalue weighted by atomic mass is 16.5. The van der Waals surface area contributed by atoms with Crippen LogP contribution in [0.3, 0.4) is 0 Å². The summed E-state index contributed by atoms with van der Waals surface area (Å²) >= 11 is 0. The third-order valence-electron chi connectivity index (χ3n) is 5.86. The molecule has 2 amide bonds. The number of carbonyl (C=O) groups excluding carboxylic acids is 2. The van der Waals surface area contributed by atoms with Gasteiger partial charge in [0.1, 0.15) is 17.3 Å². The normalized spacial score (nSPS) is 10.8. The number of nitrogens with two attached hydrogens (primary N) is 1. The number of rotatable bonds is 8. The van der Waals surface area contributed by atoms with Crippen LogP contribution in [0.5, 0.6) is 5.75 Å². The van der Waals surface area contributed by atoms with E-state index in [1.165, 1.54) is 0 Å². The molecule has 11 nitrogen and oxygen atoms in total. The Balaban J connectivity index is 1.26. The molecule has 3 heterocycles. The van der Waals surface area contributed by atoms with Crippen molar-refractivity contribution in [3.63, 3.8) is 0 Å². The molecule has 0 aliphatic heterocycles. The van der Waals surface area contributed by atoms with E-state index in [1.54, 1.807) is 65.3 Å². The molecule has 4 N–H and O–H groups in total. The lowest BCUT2D eigenvalue weighted by Crippen LogP contribution is -2.21. The summed E-state index contributed by atoms with van der Waals surface area (Å²) in [7, 11) is 0. The van der Waals surface area contributed by atoms with Gasteiger partial charge in [-0.2, -0.15) is 5.10 Å². The van der Waals surface area contributed by atoms with Crippen LogP contribution in [0.2, 0.25) is 0 Å². The Hall–Kier alpha value is -5.45. The minimum Gasteiger partial charge on any atom is -0.484 e. The number of hydrogen-bond donors (Lipinski definition) is 3. The van der Waals surface area contributed by atoms with Crippen molar-refractivity contribution in [3.05, 3.63) is 95.5 Å². The number of amides is 2. The molecule has 0 fully saturated rings. The minimum atomic E-state index is -0.430. The molecular weight excluding hydrogens is 510 g/mol. The van der Waals surface area contributed by atoms with Crippen molar-refractivity contribution in [3.8, 4) is 23.2 Å². The fourth-order valence-corrected chi connectivity index (χ4v) is 3.97. The number of benzene rings is 2. The second-order valence-corrected chi connectivity index (χ2v) is 9.09. The fourth-order valence-electron chi connectivity index (χ4n) is 3.97. The van der Waals surface area contributed by atoms with Crippen molar-refractivity contribution in [2.45, 2.75) is 20.8 Å². The monoisotopic (exact) mass is 537 g/mol. The zero-order chi connectivity index (χ0) is 28.2. The first-order valence-corrected chi connectivity index (χ1v) is 12.4. The number of nitrogens with one attached hydrogen (secondary N) is 2. The summed E-state index contributed by atoms with van der Waals surface area (Å²) in [5.74, 6) is 1.90. The number of hydrogen-bond acceptors (Lipinski definition) is 8. The van der Waals surface area contributed by atoms with E-state index >= 15 is 0 Å². The Morgan fingerprint density at radius 3 is 2.40 bits per heavy atom. The van der Waals surface area contributed by atoms with Crippen LogP contribution in [0.15, 0.2) is 77.2 Å². The van der Waals surface area contributed by atoms with Crippen molar-refractivity contribution < 1.29 is 18.7 Å². The fraction of sp³-hybridized carbons (Fsp3) is 0.138. The number of ether oxygens (including phenoxy) is 1. The standard InChI is InChI=1S/C29H27N7O4/c1-17-14-18(2)36(35-17)26-15-25(33-28(34-26)24-13-8-19(3)40-24)32-27(37)16-39-21-11-9-20(10-12-21)29(38)31-23-7-5-4-6-22(23)30/h4-15H,16,30H2,1-3H3,(H,31,38)(H,32,33,34,37). The number of nitrogens with zero attached hydrogens (tertiary/aromatic N) is 4. The summed E-state index contributed by atoms with van der Waals surface area (Å²) in [4.78, 5) is 34.3. The highest BCUT2D eigenvalue weighted by molar-refractivity contribution is 6.05. The summed E-state index contributed by atoms with van der Waals surface area (Å²) < 4.78 is 13.0. The Kier molecular flexibility index (Phi) is 7.27. The topological polar surface area (TPSA) is 150 Å². The van der Waals surface area contributed by atoms with Gasteiger partial charge in [-0.25, -0.2) is 14.6 Å². The van der Waals surface area contributed by atoms with E-state index in [4.69, 9.17) is 14.9 Å². The van der Waals surface area contributed by atoms with Gasteiger partial charge in [0, 0.05) is 17.3 Å². The van der Waals surface area contributed by atoms with E-state index in [-0.39, 0.29) is 18.3 Å². The molecule has 40 heavy (non-hydrogen) atoms. The number of anilines is 3. The molecule has 5 aromatic rings. The molecule has 5 rings (SSSR count). The van der Waals surface area contributed by atoms with E-state index in [0.29, 0.717) is 45.9 Å². The van der Waals surface area contributed by atoms with Gasteiger partial charge in [0.2, 0.25) is 0 Å². The quantitative estimate of drug-likeness (QED) is 0.241. The van der Waals surface area contributed by atoms with Gasteiger partial charge in [-0.3, -0.25) is 9.59 Å². The smallest absolute Gasteiger partial charge is 0.263 e. The molecule has 0 saturated heterocycles. The Bertz CT molecular complexity index is 1690. The maximum absolute atomic E-state index is 12.7. The van der Waals surface area contributed by atoms with Gasteiger partial charge < -0.3 is 25.5 Å². The third kappa shape index (κ3) is 5.99. The maximum atomic E-state index is 12.7. The molecule has 0 aliphatic rings. The van der Waals surface area contributed by atoms with E-state index in [1.807, 2.05) is 32.9 Å². The summed E-state index contributed by atoms with van der Waals surface area (Å²) in [6.07, 6.45) is 0. The number of nitrogen functional groups attached to an aromatic ring is 1. The van der Waals surface area contributed by atoms with E-state index < -0.39 is 5.91 Å². The lowest BCUT2D eigenvalue weighted by atomic mass is 10.2. The van der Waals surface area contributed by atoms with E-state index in [9.17, 15) is 9.59 Å². The zero-order valence-corrected chi connectivity index (χ0v) is 22.1. The van der Waals surface area contributed by atoms with Gasteiger partial charge in [0.05, 0.1) is 17.1 Å². The maximum Gasteiger partial charge on any atom is 0.263 e. The van der Waals surface area contributed by atoms with Crippen LogP contribution in [-0.4, -0.2) is 38.2 Å². The molecule has 11 heteroatoms. The number of aromatic nitrogens is 4. The van der Waals surface area contributed by atoms with Gasteiger partial charge in [0.15, 0.2) is 24.0 Å². The average molecular weight is 538 g/mol. The summed E-state index contributed by atoms with van der Waals surface area (Å²) in [6.45, 7) is 5.35. The zero-order valence-electron chi connectivity index (χ0n) is 22.1. The lowest BCUT2D eigenvalue weighted by Gasteiger charge is -2.11. The molecule has 0 aliphatic carbocycles. The second kappa shape index (κ2) is 11.1. The highest BCUT2D eigenvalue weighted by Gasteiger charge is 2.16. The van der Waals surface area contributed by atoms with E-state index in [0.717, 1.165) is 11.4 Å². The molecule has 0 spiro atoms. The van der Waals surface area contributed by atoms with Crippen molar-refractivity contribution in [2.75, 3.05) is 23.0 Å². The van der Waals surface area contributed by atoms with Gasteiger partial charge in [-0.1, -0.05) is 12.1 Å². The van der Waals surface area contributed by atoms with Crippen LogP contribution >= 0.6 is 0 Å². The van der Waals surface area contributed by atoms with Gasteiger partial charge in [-0.15, -0.1) is 0 Å². The SMILES string of the molecule is Cc1cc(C)n(-c2cc(NC(=O)COc3ccc(C(=O)Nc4ccccc4N)cc3)nc(-c3ccc(C)o3)n2)n1. The van der Waals surface area contributed by atoms with Crippen molar-refractivity contribution >= 4 is 29.0 Å². The third-order valence-corrected chi connectivity index (χ3v) is 5.86. The lowest BCUT2D eigenvalue weighted by molar-refractivity contribution is -0.118. The first kappa shape index (κ1) is 26.2. The van der Waals surface area contributed by atoms with Crippen LogP contribution < -0.4 is 21.1 Å². The van der Waals surface area contributed by atoms with Crippen molar-refractivity contribution in [1.29, 1.82) is 0 Å². The van der Waals surface area contributed by atoms with Crippen LogP contribution in [0.25, 0.3) is 17.4 Å². The molecule has 2 aromatic carbocycles. The molecule has 0 atom stereocenters. The molecule has 0 unspecified atom stereocenters. The first-order chi connectivity index (χ1) is 19.2. The van der Waals surface area contributed by atoms with E-state index in [2.05, 4.69) is 25.7 Å². The van der Waals surface area contributed by atoms with Crippen LogP contribution in [-0.2, 0) is 4.79 Å². The molecular formula is C29H27N7O4. The first-order valence-electron chi connectivity index (χ1n) is 12.4. The number of para-hydroxylation sites is 2. The van der Waals surface area contributed by atoms with Crippen molar-refractivity contribution in [2.24, 2.45) is 0 Å². The molecule has 3 aromatic heterocycles. The summed E-state index contributed by atoms with van der Waals surface area (Å²) in [5.41, 5.74) is 9.01. The summed E-state index contributed by atoms with van der Waals surface area (Å²) in [6, 6.07) is 20.6. The summed E-state index contributed by atoms with van der Waals surface area (Å²) in [5, 5.41) is 10.0. The van der Waals surface area contributed by atoms with Crippen LogP contribution in [0.4, 0.5) is 17.2 Å². The van der Waals surface area contributed by atoms with Gasteiger partial charge >= 0.3 is 0 Å². The number of carbonyl (C=O) groups is 2. The van der Waals surface area contributed by atoms with Crippen LogP contribution in [0, 0.1) is 20.8 Å². The van der Waals surface area contributed by atoms with Crippen LogP contribution in [0.1, 0.15) is 27.5 Å². The average Bonchev–Trinajstić information content (AvgIpc) is 3.53. The van der Waals surface area contributed by atoms with Gasteiger partial charge in [-0.05, 0) is 75.4 Å². The molecule has 0 bridgehead atoms. The van der Waals surface area contributed by atoms with Gasteiger partial charge in [0.25, 0.3) is 11.8 Å². The minimum absolute atomic E-state index is 0.266. The second-order valence-electron chi connectivity index (χ2n) is 9.09. The predicted octanol–water partition coefficient (Wildman–Crippen LogP) is 4.70. The number of furan rings is 1. The largest absolute Gasteiger partial charge is 0.484 e. The Morgan fingerprint density at radius 1 is 0.950 bits per heavy atom. The highest BCUT2D eigenvalue weighted by Crippen LogP contribution is 2.23. The Morgan fingerprint density at radius 2 is 1.73 bits per heavy atom. The molecule has 0 radical (unpaired) electrons. The van der Waals surface area contributed by atoms with Crippen molar-refractivity contribution in [1.82, 2.24) is 19.7 Å². The molecule has 0 saturated carbocycles. The predicted molar refractivity (Wildman–Crippen MR) is 150 cm³/mol. The number of aryl methyl sites for hydroxylation is 3.